The summed E-state index contributed by atoms with van der Waals surface area (Å²) in [6, 6.07) is 8.97. The summed E-state index contributed by atoms with van der Waals surface area (Å²) in [5.41, 5.74) is 1.40. The van der Waals surface area contributed by atoms with Crippen LogP contribution in [0.15, 0.2) is 54.2 Å². The first kappa shape index (κ1) is 25.7. The summed E-state index contributed by atoms with van der Waals surface area (Å²) < 4.78 is 6.98. The molecular weight excluding hydrogens is 502 g/mol. The number of fused-ring (bicyclic) bond motifs is 1. The zero-order valence-electron chi connectivity index (χ0n) is 21.8. The average Bonchev–Trinajstić information content (AvgIpc) is 3.59. The Kier molecular flexibility index (Phi) is 6.85. The number of piperazine rings is 1. The molecule has 1 amide bonds. The first-order valence-electron chi connectivity index (χ1n) is 12.2. The molecule has 4 aromatic rings. The van der Waals surface area contributed by atoms with Gasteiger partial charge in [-0.1, -0.05) is 18.2 Å². The van der Waals surface area contributed by atoms with Crippen LogP contribution in [0.3, 0.4) is 0 Å². The fourth-order valence-electron chi connectivity index (χ4n) is 4.75. The van der Waals surface area contributed by atoms with E-state index in [2.05, 4.69) is 25.2 Å². The number of guanidine groups is 1. The lowest BCUT2D eigenvalue weighted by Crippen LogP contribution is -2.60. The van der Waals surface area contributed by atoms with Gasteiger partial charge < -0.3 is 25.4 Å². The lowest BCUT2D eigenvalue weighted by Gasteiger charge is -2.42. The molecule has 14 nitrogen and oxygen atoms in total. The standard InChI is InChI=1S/C25H29N11O3.H2/c1-15-13-33(25(31-26)36(27)17-7-5-4-6-8-17)9-10-34(15)24(38)22(37)18-11-28-21-20(18)19(39-3)12-29-23(21)35-14-30-16(2)32-35;/h4-8,11-12,14-15,28H,9-10,13,26-27H2,1-3H3;1H/b31-25-;/t15-;/m0./s1. The molecule has 0 saturated carbocycles. The number of aromatic nitrogens is 5. The number of hydrogen-bond donors (Lipinski definition) is 3. The second kappa shape index (κ2) is 10.4. The number of para-hydroxylation sites is 1. The molecule has 5 N–H and O–H groups in total. The fourth-order valence-corrected chi connectivity index (χ4v) is 4.75. The van der Waals surface area contributed by atoms with Gasteiger partial charge in [0, 0.05) is 33.3 Å². The largest absolute Gasteiger partial charge is 0.494 e. The van der Waals surface area contributed by atoms with Gasteiger partial charge >= 0.3 is 0 Å². The number of pyridine rings is 1. The third-order valence-corrected chi connectivity index (χ3v) is 6.67. The number of nitrogens with two attached hydrogens (primary N) is 2. The van der Waals surface area contributed by atoms with Gasteiger partial charge in [-0.25, -0.2) is 25.5 Å². The number of Topliss-reactive ketones (excluding diaryl/α,β-unsaturated/α-hetero) is 1. The number of nitrogens with zero attached hydrogens (tertiary/aromatic N) is 8. The minimum Gasteiger partial charge on any atom is -0.494 e. The zero-order valence-corrected chi connectivity index (χ0v) is 21.8. The fraction of sp³-hybridized carbons (Fsp3) is 0.280. The number of hydrazone groups is 1. The zero-order chi connectivity index (χ0) is 27.7. The van der Waals surface area contributed by atoms with Crippen LogP contribution in [-0.2, 0) is 4.79 Å². The van der Waals surface area contributed by atoms with E-state index in [4.69, 9.17) is 16.4 Å². The van der Waals surface area contributed by atoms with Gasteiger partial charge in [-0.05, 0) is 26.0 Å². The topological polar surface area (TPSA) is 177 Å². The lowest BCUT2D eigenvalue weighted by atomic mass is 10.1. The maximum absolute atomic E-state index is 13.5. The number of hydrazine groups is 1. The highest BCUT2D eigenvalue weighted by Gasteiger charge is 2.35. The second-order valence-corrected chi connectivity index (χ2v) is 9.10. The Balaban J connectivity index is 0.00000370. The molecule has 1 aromatic carbocycles. The number of amides is 1. The van der Waals surface area contributed by atoms with Crippen LogP contribution in [0.1, 0.15) is 24.5 Å². The number of rotatable bonds is 5. The van der Waals surface area contributed by atoms with E-state index in [-0.39, 0.29) is 19.6 Å². The number of ether oxygens (including phenoxy) is 1. The van der Waals surface area contributed by atoms with Gasteiger partial charge in [0.15, 0.2) is 5.82 Å². The number of nitrogens with one attached hydrogen (secondary N) is 1. The molecule has 4 heterocycles. The van der Waals surface area contributed by atoms with Crippen molar-refractivity contribution in [2.24, 2.45) is 16.8 Å². The summed E-state index contributed by atoms with van der Waals surface area (Å²) in [5, 5.41) is 10.0. The van der Waals surface area contributed by atoms with Crippen LogP contribution in [0.2, 0.25) is 0 Å². The first-order valence-corrected chi connectivity index (χ1v) is 12.2. The molecule has 1 aliphatic rings. The maximum atomic E-state index is 13.5. The van der Waals surface area contributed by atoms with Crippen LogP contribution in [-0.4, -0.2) is 85.0 Å². The van der Waals surface area contributed by atoms with Crippen molar-refractivity contribution in [3.05, 3.63) is 60.4 Å². The van der Waals surface area contributed by atoms with E-state index in [1.807, 2.05) is 42.2 Å². The Morgan fingerprint density at radius 2 is 2.00 bits per heavy atom. The summed E-state index contributed by atoms with van der Waals surface area (Å²) in [6.45, 7) is 4.66. The van der Waals surface area contributed by atoms with Crippen LogP contribution < -0.4 is 21.4 Å². The van der Waals surface area contributed by atoms with E-state index in [1.165, 1.54) is 35.5 Å². The van der Waals surface area contributed by atoms with Gasteiger partial charge in [0.05, 0.1) is 35.5 Å². The SMILES string of the molecule is COc1cnc(-n2cnc(C)n2)c2[nH]cc(C(=O)C(=O)N3CCN(/C(=N/N)N(N)c4ccccc4)C[C@@H]3C)c12.[HH]. The molecule has 0 aliphatic carbocycles. The smallest absolute Gasteiger partial charge is 0.295 e. The van der Waals surface area contributed by atoms with Crippen molar-refractivity contribution in [3.8, 4) is 11.6 Å². The summed E-state index contributed by atoms with van der Waals surface area (Å²) in [6.07, 6.45) is 4.51. The van der Waals surface area contributed by atoms with Crippen LogP contribution in [0.25, 0.3) is 16.7 Å². The minimum atomic E-state index is -0.663. The highest BCUT2D eigenvalue weighted by atomic mass is 16.5. The first-order chi connectivity index (χ1) is 18.8. The molecule has 5 rings (SSSR count). The van der Waals surface area contributed by atoms with Crippen LogP contribution in [0.5, 0.6) is 5.75 Å². The molecule has 1 aliphatic heterocycles. The number of ketones is 1. The molecule has 0 unspecified atom stereocenters. The van der Waals surface area contributed by atoms with Crippen molar-refractivity contribution in [2.75, 3.05) is 31.8 Å². The summed E-state index contributed by atoms with van der Waals surface area (Å²) in [4.78, 5) is 42.1. The number of anilines is 1. The van der Waals surface area contributed by atoms with E-state index in [1.54, 1.807) is 11.8 Å². The predicted octanol–water partition coefficient (Wildman–Crippen LogP) is 1.03. The maximum Gasteiger partial charge on any atom is 0.295 e. The Morgan fingerprint density at radius 1 is 1.23 bits per heavy atom. The third kappa shape index (κ3) is 4.61. The summed E-state index contributed by atoms with van der Waals surface area (Å²) in [7, 11) is 1.48. The highest BCUT2D eigenvalue weighted by Crippen LogP contribution is 2.32. The number of hydrogen-bond acceptors (Lipinski definition) is 9. The molecule has 1 atom stereocenters. The van der Waals surface area contributed by atoms with E-state index in [9.17, 15) is 9.59 Å². The number of methoxy groups -OCH3 is 1. The number of carbonyl (C=O) groups excluding carboxylic acids is 2. The average molecular weight is 534 g/mol. The highest BCUT2D eigenvalue weighted by molar-refractivity contribution is 6.45. The second-order valence-electron chi connectivity index (χ2n) is 9.10. The predicted molar refractivity (Wildman–Crippen MR) is 146 cm³/mol. The van der Waals surface area contributed by atoms with Crippen molar-refractivity contribution in [2.45, 2.75) is 19.9 Å². The van der Waals surface area contributed by atoms with Gasteiger partial charge in [0.1, 0.15) is 17.9 Å². The van der Waals surface area contributed by atoms with Crippen molar-refractivity contribution >= 4 is 34.2 Å². The van der Waals surface area contributed by atoms with E-state index >= 15 is 0 Å². The monoisotopic (exact) mass is 533 g/mol. The summed E-state index contributed by atoms with van der Waals surface area (Å²) >= 11 is 0. The lowest BCUT2D eigenvalue weighted by molar-refractivity contribution is -0.130. The van der Waals surface area contributed by atoms with Crippen molar-refractivity contribution in [1.82, 2.24) is 34.5 Å². The Hall–Kier alpha value is -4.98. The van der Waals surface area contributed by atoms with Crippen LogP contribution in [0.4, 0.5) is 5.69 Å². The van der Waals surface area contributed by atoms with Crippen LogP contribution >= 0.6 is 0 Å². The van der Waals surface area contributed by atoms with Gasteiger partial charge in [-0.2, -0.15) is 5.10 Å². The Labute approximate surface area is 225 Å². The molecule has 0 bridgehead atoms. The molecule has 1 fully saturated rings. The molecule has 1 saturated heterocycles. The number of aromatic amines is 1. The Bertz CT molecular complexity index is 1550. The normalized spacial score (nSPS) is 16.0. The van der Waals surface area contributed by atoms with Crippen molar-refractivity contribution in [3.63, 3.8) is 0 Å². The Morgan fingerprint density at radius 3 is 2.64 bits per heavy atom. The number of aryl methyl sites for hydroxylation is 1. The quantitative estimate of drug-likeness (QED) is 0.0838. The molecule has 14 heteroatoms. The molecular formula is C25H31N11O3. The number of carbonyl (C=O) groups is 2. The number of H-pyrrole nitrogens is 1. The van der Waals surface area contributed by atoms with Gasteiger partial charge in [-0.15, -0.1) is 5.10 Å². The molecule has 204 valence electrons. The van der Waals surface area contributed by atoms with Crippen molar-refractivity contribution in [1.29, 1.82) is 0 Å². The molecule has 39 heavy (non-hydrogen) atoms. The third-order valence-electron chi connectivity index (χ3n) is 6.67. The minimum absolute atomic E-state index is 0. The van der Waals surface area contributed by atoms with Gasteiger partial charge in [0.25, 0.3) is 11.7 Å². The van der Waals surface area contributed by atoms with Crippen LogP contribution in [0, 0.1) is 6.92 Å². The van der Waals surface area contributed by atoms with E-state index < -0.39 is 11.7 Å². The van der Waals surface area contributed by atoms with Gasteiger partial charge in [-0.3, -0.25) is 9.59 Å². The van der Waals surface area contributed by atoms with E-state index in [0.29, 0.717) is 53.0 Å². The van der Waals surface area contributed by atoms with Crippen molar-refractivity contribution < 1.29 is 15.8 Å². The summed E-state index contributed by atoms with van der Waals surface area (Å²) in [5.74, 6) is 12.4. The van der Waals surface area contributed by atoms with Gasteiger partial charge in [0.2, 0.25) is 5.96 Å². The molecule has 0 radical (unpaired) electrons. The molecule has 0 spiro atoms. The van der Waals surface area contributed by atoms with E-state index in [0.717, 1.165) is 0 Å². The molecule has 3 aromatic heterocycles. The number of benzene rings is 1.